The minimum atomic E-state index is 0.0716. The minimum Gasteiger partial charge on any atom is -0.375 e. The summed E-state index contributed by atoms with van der Waals surface area (Å²) in [6.45, 7) is 2.92. The molecule has 1 amide bonds. The van der Waals surface area contributed by atoms with Crippen molar-refractivity contribution in [2.45, 2.75) is 37.7 Å². The van der Waals surface area contributed by atoms with Crippen LogP contribution >= 0.6 is 0 Å². The third kappa shape index (κ3) is 2.74. The fraction of sp³-hybridized carbons (Fsp3) is 0.917. The lowest BCUT2D eigenvalue weighted by molar-refractivity contribution is -0.130. The van der Waals surface area contributed by atoms with E-state index >= 15 is 0 Å². The molecule has 0 saturated carbocycles. The van der Waals surface area contributed by atoms with Crippen LogP contribution in [0.4, 0.5) is 0 Å². The zero-order valence-corrected chi connectivity index (χ0v) is 10.1. The number of piperidine rings is 1. The van der Waals surface area contributed by atoms with Crippen LogP contribution in [0.25, 0.3) is 0 Å². The molecule has 92 valence electrons. The van der Waals surface area contributed by atoms with E-state index in [-0.39, 0.29) is 11.5 Å². The van der Waals surface area contributed by atoms with E-state index in [4.69, 9.17) is 4.74 Å². The van der Waals surface area contributed by atoms with Gasteiger partial charge in [-0.05, 0) is 44.7 Å². The third-order valence-electron chi connectivity index (χ3n) is 3.86. The van der Waals surface area contributed by atoms with Crippen molar-refractivity contribution in [1.29, 1.82) is 0 Å². The molecule has 0 aromatic carbocycles. The van der Waals surface area contributed by atoms with Crippen molar-refractivity contribution in [3.63, 3.8) is 0 Å². The number of amides is 1. The molecule has 2 saturated heterocycles. The Bertz CT molecular complexity index is 244. The first-order valence-corrected chi connectivity index (χ1v) is 6.29. The predicted octanol–water partition coefficient (Wildman–Crippen LogP) is 0.671. The van der Waals surface area contributed by atoms with Gasteiger partial charge < -0.3 is 15.4 Å². The maximum Gasteiger partial charge on any atom is 0.220 e. The van der Waals surface area contributed by atoms with E-state index in [1.54, 1.807) is 7.05 Å². The number of hydrogen-bond donors (Lipinski definition) is 2. The smallest absolute Gasteiger partial charge is 0.220 e. The summed E-state index contributed by atoms with van der Waals surface area (Å²) in [6, 6.07) is 0. The Morgan fingerprint density at radius 3 is 2.94 bits per heavy atom. The molecule has 2 fully saturated rings. The standard InChI is InChI=1S/C12H22N2O2/c1-13-11(15)8-10-2-7-16-12(9-10)3-5-14-6-4-12/h10,14H,2-9H2,1H3,(H,13,15). The summed E-state index contributed by atoms with van der Waals surface area (Å²) in [5, 5.41) is 6.08. The highest BCUT2D eigenvalue weighted by Crippen LogP contribution is 2.37. The van der Waals surface area contributed by atoms with Crippen LogP contribution in [-0.2, 0) is 9.53 Å². The second-order valence-corrected chi connectivity index (χ2v) is 5.02. The molecule has 2 N–H and O–H groups in total. The number of nitrogens with one attached hydrogen (secondary N) is 2. The van der Waals surface area contributed by atoms with E-state index in [9.17, 15) is 4.79 Å². The van der Waals surface area contributed by atoms with Gasteiger partial charge in [0.15, 0.2) is 0 Å². The Balaban J connectivity index is 1.90. The SMILES string of the molecule is CNC(=O)CC1CCOC2(CCNCC2)C1. The van der Waals surface area contributed by atoms with Crippen molar-refractivity contribution in [3.8, 4) is 0 Å². The van der Waals surface area contributed by atoms with Crippen molar-refractivity contribution >= 4 is 5.91 Å². The fourth-order valence-corrected chi connectivity index (χ4v) is 2.90. The lowest BCUT2D eigenvalue weighted by Gasteiger charge is -2.43. The maximum absolute atomic E-state index is 11.4. The van der Waals surface area contributed by atoms with Gasteiger partial charge in [-0.25, -0.2) is 0 Å². The van der Waals surface area contributed by atoms with E-state index in [1.165, 1.54) is 0 Å². The normalized spacial score (nSPS) is 28.9. The van der Waals surface area contributed by atoms with Gasteiger partial charge >= 0.3 is 0 Å². The highest BCUT2D eigenvalue weighted by Gasteiger charge is 2.38. The summed E-state index contributed by atoms with van der Waals surface area (Å²) in [7, 11) is 1.71. The molecule has 0 aromatic rings. The zero-order chi connectivity index (χ0) is 11.4. The molecule has 2 heterocycles. The van der Waals surface area contributed by atoms with Crippen LogP contribution in [0, 0.1) is 5.92 Å². The van der Waals surface area contributed by atoms with E-state index < -0.39 is 0 Å². The van der Waals surface area contributed by atoms with Crippen LogP contribution in [0.15, 0.2) is 0 Å². The molecule has 4 heteroatoms. The average Bonchev–Trinajstić information content (AvgIpc) is 2.30. The summed E-state index contributed by atoms with van der Waals surface area (Å²) in [5.41, 5.74) is 0.0716. The Labute approximate surface area is 97.1 Å². The molecule has 1 unspecified atom stereocenters. The molecule has 0 bridgehead atoms. The van der Waals surface area contributed by atoms with Crippen molar-refractivity contribution < 1.29 is 9.53 Å². The van der Waals surface area contributed by atoms with Crippen LogP contribution in [0.3, 0.4) is 0 Å². The van der Waals surface area contributed by atoms with E-state index in [0.29, 0.717) is 12.3 Å². The monoisotopic (exact) mass is 226 g/mol. The van der Waals surface area contributed by atoms with E-state index in [0.717, 1.165) is 45.4 Å². The molecule has 2 aliphatic rings. The molecule has 1 atom stereocenters. The molecular weight excluding hydrogens is 204 g/mol. The highest BCUT2D eigenvalue weighted by atomic mass is 16.5. The molecule has 4 nitrogen and oxygen atoms in total. The van der Waals surface area contributed by atoms with E-state index in [1.807, 2.05) is 0 Å². The number of carbonyl (C=O) groups excluding carboxylic acids is 1. The van der Waals surface area contributed by atoms with Crippen molar-refractivity contribution in [2.24, 2.45) is 5.92 Å². The molecular formula is C12H22N2O2. The number of ether oxygens (including phenoxy) is 1. The summed E-state index contributed by atoms with van der Waals surface area (Å²) >= 11 is 0. The van der Waals surface area contributed by atoms with Gasteiger partial charge in [0.1, 0.15) is 0 Å². The van der Waals surface area contributed by atoms with Crippen LogP contribution in [-0.4, -0.2) is 38.3 Å². The predicted molar refractivity (Wildman–Crippen MR) is 62.2 cm³/mol. The third-order valence-corrected chi connectivity index (χ3v) is 3.86. The molecule has 0 radical (unpaired) electrons. The number of carbonyl (C=O) groups is 1. The Kier molecular flexibility index (Phi) is 3.82. The van der Waals surface area contributed by atoms with Crippen LogP contribution in [0.2, 0.25) is 0 Å². The molecule has 0 aliphatic carbocycles. The van der Waals surface area contributed by atoms with Gasteiger partial charge in [0.2, 0.25) is 5.91 Å². The summed E-state index contributed by atoms with van der Waals surface area (Å²) in [5.74, 6) is 0.669. The Morgan fingerprint density at radius 2 is 2.25 bits per heavy atom. The van der Waals surface area contributed by atoms with Gasteiger partial charge in [-0.15, -0.1) is 0 Å². The van der Waals surface area contributed by atoms with Gasteiger partial charge in [-0.3, -0.25) is 4.79 Å². The van der Waals surface area contributed by atoms with E-state index in [2.05, 4.69) is 10.6 Å². The summed E-state index contributed by atoms with van der Waals surface area (Å²) < 4.78 is 5.98. The number of hydrogen-bond acceptors (Lipinski definition) is 3. The number of rotatable bonds is 2. The maximum atomic E-state index is 11.4. The largest absolute Gasteiger partial charge is 0.375 e. The highest BCUT2D eigenvalue weighted by molar-refractivity contribution is 5.75. The second kappa shape index (κ2) is 5.15. The topological polar surface area (TPSA) is 50.4 Å². The first-order chi connectivity index (χ1) is 7.74. The Morgan fingerprint density at radius 1 is 1.50 bits per heavy atom. The molecule has 1 spiro atoms. The van der Waals surface area contributed by atoms with Gasteiger partial charge in [0.25, 0.3) is 0 Å². The molecule has 2 aliphatic heterocycles. The van der Waals surface area contributed by atoms with Gasteiger partial charge in [-0.2, -0.15) is 0 Å². The Hall–Kier alpha value is -0.610. The molecule has 0 aromatic heterocycles. The zero-order valence-electron chi connectivity index (χ0n) is 10.1. The molecule has 16 heavy (non-hydrogen) atoms. The van der Waals surface area contributed by atoms with Crippen molar-refractivity contribution in [3.05, 3.63) is 0 Å². The molecule has 2 rings (SSSR count). The fourth-order valence-electron chi connectivity index (χ4n) is 2.90. The summed E-state index contributed by atoms with van der Waals surface area (Å²) in [6.07, 6.45) is 4.94. The van der Waals surface area contributed by atoms with Gasteiger partial charge in [-0.1, -0.05) is 0 Å². The van der Waals surface area contributed by atoms with Crippen LogP contribution in [0.1, 0.15) is 32.1 Å². The van der Waals surface area contributed by atoms with Crippen LogP contribution in [0.5, 0.6) is 0 Å². The quantitative estimate of drug-likeness (QED) is 0.727. The second-order valence-electron chi connectivity index (χ2n) is 5.02. The summed E-state index contributed by atoms with van der Waals surface area (Å²) in [4.78, 5) is 11.4. The van der Waals surface area contributed by atoms with Crippen LogP contribution < -0.4 is 10.6 Å². The first-order valence-electron chi connectivity index (χ1n) is 6.29. The first kappa shape index (κ1) is 11.9. The van der Waals surface area contributed by atoms with Gasteiger partial charge in [0.05, 0.1) is 5.60 Å². The van der Waals surface area contributed by atoms with Crippen molar-refractivity contribution in [1.82, 2.24) is 10.6 Å². The lowest BCUT2D eigenvalue weighted by Crippen LogP contribution is -2.48. The van der Waals surface area contributed by atoms with Crippen molar-refractivity contribution in [2.75, 3.05) is 26.7 Å². The minimum absolute atomic E-state index is 0.0716. The van der Waals surface area contributed by atoms with Gasteiger partial charge in [0, 0.05) is 20.1 Å². The average molecular weight is 226 g/mol. The lowest BCUT2D eigenvalue weighted by atomic mass is 9.78.